The monoisotopic (exact) mass is 421 g/mol. The second kappa shape index (κ2) is 7.97. The number of fused-ring (bicyclic) bond motifs is 2. The average Bonchev–Trinajstić information content (AvgIpc) is 2.77. The van der Waals surface area contributed by atoms with Gasteiger partial charge in [0, 0.05) is 0 Å². The molecular formula is C26H29O3S-. The summed E-state index contributed by atoms with van der Waals surface area (Å²) in [4.78, 5) is 0.129. The van der Waals surface area contributed by atoms with Crippen LogP contribution in [0, 0.1) is 0 Å². The fourth-order valence-corrected chi connectivity index (χ4v) is 6.97. The van der Waals surface area contributed by atoms with E-state index in [1.807, 2.05) is 18.2 Å². The predicted octanol–water partition coefficient (Wildman–Crippen LogP) is 6.99. The summed E-state index contributed by atoms with van der Waals surface area (Å²) in [5.41, 5.74) is 1.63. The maximum absolute atomic E-state index is 12.7. The first-order valence-corrected chi connectivity index (χ1v) is 12.9. The van der Waals surface area contributed by atoms with Crippen molar-refractivity contribution in [2.45, 2.75) is 80.9 Å². The van der Waals surface area contributed by atoms with Crippen LogP contribution >= 0.6 is 0 Å². The van der Waals surface area contributed by atoms with Crippen molar-refractivity contribution >= 4 is 31.7 Å². The highest BCUT2D eigenvalue weighted by atomic mass is 32.2. The largest absolute Gasteiger partial charge is 0.744 e. The zero-order valence-corrected chi connectivity index (χ0v) is 18.2. The molecule has 30 heavy (non-hydrogen) atoms. The molecule has 0 N–H and O–H groups in total. The zero-order chi connectivity index (χ0) is 20.7. The molecule has 0 unspecified atom stereocenters. The lowest BCUT2D eigenvalue weighted by atomic mass is 9.77. The summed E-state index contributed by atoms with van der Waals surface area (Å²) in [6, 6.07) is 14.6. The zero-order valence-electron chi connectivity index (χ0n) is 17.4. The van der Waals surface area contributed by atoms with Crippen LogP contribution in [0.15, 0.2) is 47.4 Å². The quantitative estimate of drug-likeness (QED) is 0.338. The van der Waals surface area contributed by atoms with E-state index in [1.54, 1.807) is 0 Å². The standard InChI is InChI=1S/C26H30O3S/c27-30(28,29)26-24(18-9-3-1-4-10-18)17-22-15-20-13-7-8-14-21(20)16-23(22)25(26)19-11-5-2-6-12-19/h7-8,13-19H,1-6,9-12H2,(H,27,28,29)/p-1. The van der Waals surface area contributed by atoms with Crippen molar-refractivity contribution in [2.24, 2.45) is 0 Å². The lowest BCUT2D eigenvalue weighted by Gasteiger charge is -2.32. The van der Waals surface area contributed by atoms with Crippen LogP contribution < -0.4 is 0 Å². The molecule has 0 saturated heterocycles. The van der Waals surface area contributed by atoms with Gasteiger partial charge in [-0.2, -0.15) is 0 Å². The Morgan fingerprint density at radius 3 is 1.87 bits per heavy atom. The van der Waals surface area contributed by atoms with Crippen molar-refractivity contribution < 1.29 is 13.0 Å². The first-order valence-electron chi connectivity index (χ1n) is 11.5. The molecule has 0 aliphatic heterocycles. The molecule has 2 fully saturated rings. The van der Waals surface area contributed by atoms with Crippen LogP contribution in [0.3, 0.4) is 0 Å². The Hall–Kier alpha value is -1.91. The van der Waals surface area contributed by atoms with Gasteiger partial charge in [0.15, 0.2) is 0 Å². The summed E-state index contributed by atoms with van der Waals surface area (Å²) in [6.45, 7) is 0. The summed E-state index contributed by atoms with van der Waals surface area (Å²) in [6.07, 6.45) is 10.7. The summed E-state index contributed by atoms with van der Waals surface area (Å²) in [7, 11) is -4.56. The third-order valence-electron chi connectivity index (χ3n) is 7.33. The van der Waals surface area contributed by atoms with E-state index in [-0.39, 0.29) is 16.7 Å². The summed E-state index contributed by atoms with van der Waals surface area (Å²) in [5, 5.41) is 4.31. The van der Waals surface area contributed by atoms with Crippen LogP contribution in [0.5, 0.6) is 0 Å². The fraction of sp³-hybridized carbons (Fsp3) is 0.462. The molecule has 3 nitrogen and oxygen atoms in total. The normalized spacial score (nSPS) is 19.5. The Morgan fingerprint density at radius 2 is 1.27 bits per heavy atom. The first-order chi connectivity index (χ1) is 14.5. The summed E-state index contributed by atoms with van der Waals surface area (Å²) in [5.74, 6) is 0.334. The van der Waals surface area contributed by atoms with Gasteiger partial charge in [-0.15, -0.1) is 0 Å². The Morgan fingerprint density at radius 1 is 0.700 bits per heavy atom. The van der Waals surface area contributed by atoms with E-state index in [1.165, 1.54) is 12.8 Å². The molecule has 2 aliphatic rings. The maximum atomic E-state index is 12.7. The van der Waals surface area contributed by atoms with Gasteiger partial charge in [0.05, 0.1) is 4.90 Å². The third kappa shape index (κ3) is 3.65. The van der Waals surface area contributed by atoms with E-state index in [2.05, 4.69) is 24.3 Å². The van der Waals surface area contributed by atoms with Crippen LogP contribution in [0.2, 0.25) is 0 Å². The van der Waals surface area contributed by atoms with Crippen molar-refractivity contribution in [1.82, 2.24) is 0 Å². The van der Waals surface area contributed by atoms with Gasteiger partial charge in [0.2, 0.25) is 0 Å². The molecule has 4 heteroatoms. The number of hydrogen-bond acceptors (Lipinski definition) is 3. The molecule has 0 atom stereocenters. The van der Waals surface area contributed by atoms with Crippen LogP contribution in [-0.4, -0.2) is 13.0 Å². The van der Waals surface area contributed by atoms with Crippen molar-refractivity contribution in [3.05, 3.63) is 53.6 Å². The van der Waals surface area contributed by atoms with Crippen LogP contribution in [-0.2, 0) is 10.1 Å². The molecule has 0 amide bonds. The van der Waals surface area contributed by atoms with Crippen molar-refractivity contribution in [3.8, 4) is 0 Å². The minimum absolute atomic E-state index is 0.129. The van der Waals surface area contributed by atoms with E-state index < -0.39 is 10.1 Å². The van der Waals surface area contributed by atoms with Crippen molar-refractivity contribution in [1.29, 1.82) is 0 Å². The Labute approximate surface area is 179 Å². The predicted molar refractivity (Wildman–Crippen MR) is 121 cm³/mol. The van der Waals surface area contributed by atoms with Gasteiger partial charge in [-0.3, -0.25) is 0 Å². The van der Waals surface area contributed by atoms with E-state index in [0.717, 1.165) is 84.0 Å². The SMILES string of the molecule is O=S(=O)([O-])c1c(C2CCCCC2)cc2cc3ccccc3cc2c1C1CCCCC1. The van der Waals surface area contributed by atoms with E-state index in [4.69, 9.17) is 0 Å². The van der Waals surface area contributed by atoms with Gasteiger partial charge in [-0.05, 0) is 88.4 Å². The Balaban J connectivity index is 1.86. The second-order valence-corrected chi connectivity index (χ2v) is 10.6. The Kier molecular flexibility index (Phi) is 5.32. The highest BCUT2D eigenvalue weighted by molar-refractivity contribution is 7.85. The number of benzene rings is 3. The Bertz CT molecular complexity index is 1180. The average molecular weight is 422 g/mol. The fourth-order valence-electron chi connectivity index (χ4n) is 5.91. The second-order valence-electron chi connectivity index (χ2n) is 9.25. The smallest absolute Gasteiger partial charge is 0.125 e. The summed E-state index contributed by atoms with van der Waals surface area (Å²) >= 11 is 0. The maximum Gasteiger partial charge on any atom is 0.125 e. The molecule has 0 aromatic heterocycles. The van der Waals surface area contributed by atoms with Gasteiger partial charge in [0.1, 0.15) is 10.1 Å². The molecule has 0 spiro atoms. The van der Waals surface area contributed by atoms with Gasteiger partial charge >= 0.3 is 0 Å². The van der Waals surface area contributed by atoms with Crippen LogP contribution in [0.4, 0.5) is 0 Å². The minimum atomic E-state index is -4.56. The minimum Gasteiger partial charge on any atom is -0.744 e. The third-order valence-corrected chi connectivity index (χ3v) is 8.29. The molecule has 158 valence electrons. The van der Waals surface area contributed by atoms with E-state index in [9.17, 15) is 13.0 Å². The topological polar surface area (TPSA) is 57.2 Å². The lowest BCUT2D eigenvalue weighted by molar-refractivity contribution is 0.418. The molecule has 0 heterocycles. The van der Waals surface area contributed by atoms with Gasteiger partial charge < -0.3 is 4.55 Å². The highest BCUT2D eigenvalue weighted by Gasteiger charge is 2.29. The van der Waals surface area contributed by atoms with Crippen molar-refractivity contribution in [3.63, 3.8) is 0 Å². The van der Waals surface area contributed by atoms with Crippen LogP contribution in [0.1, 0.15) is 87.2 Å². The first kappa shape index (κ1) is 20.0. The van der Waals surface area contributed by atoms with Gasteiger partial charge in [0.25, 0.3) is 0 Å². The highest BCUT2D eigenvalue weighted by Crippen LogP contribution is 2.46. The van der Waals surface area contributed by atoms with E-state index >= 15 is 0 Å². The molecule has 2 aliphatic carbocycles. The molecule has 2 saturated carbocycles. The summed E-state index contributed by atoms with van der Waals surface area (Å²) < 4.78 is 38.1. The molecule has 5 rings (SSSR count). The lowest BCUT2D eigenvalue weighted by Crippen LogP contribution is -2.17. The van der Waals surface area contributed by atoms with Crippen LogP contribution in [0.25, 0.3) is 21.5 Å². The molecule has 0 radical (unpaired) electrons. The molecular weight excluding hydrogens is 392 g/mol. The van der Waals surface area contributed by atoms with Crippen molar-refractivity contribution in [2.75, 3.05) is 0 Å². The number of hydrogen-bond donors (Lipinski definition) is 0. The molecule has 3 aromatic carbocycles. The van der Waals surface area contributed by atoms with Gasteiger partial charge in [-0.25, -0.2) is 8.42 Å². The van der Waals surface area contributed by atoms with Gasteiger partial charge in [-0.1, -0.05) is 62.8 Å². The molecule has 0 bridgehead atoms. The van der Waals surface area contributed by atoms with E-state index in [0.29, 0.717) is 0 Å². The number of rotatable bonds is 3. The molecule has 3 aromatic rings.